The molecule has 0 radical (unpaired) electrons. The number of anilines is 2. The predicted octanol–water partition coefficient (Wildman–Crippen LogP) is 5.29. The van der Waals surface area contributed by atoms with Gasteiger partial charge in [0.25, 0.3) is 0 Å². The van der Waals surface area contributed by atoms with Crippen LogP contribution in [0.5, 0.6) is 5.75 Å². The molecule has 8 heteroatoms. The van der Waals surface area contributed by atoms with Gasteiger partial charge in [0.05, 0.1) is 18.8 Å². The second kappa shape index (κ2) is 9.14. The smallest absolute Gasteiger partial charge is 0.341 e. The molecule has 3 N–H and O–H groups in total. The molecule has 1 aromatic carbocycles. The van der Waals surface area contributed by atoms with Crippen LogP contribution in [-0.2, 0) is 16.7 Å². The van der Waals surface area contributed by atoms with Crippen molar-refractivity contribution in [3.8, 4) is 5.75 Å². The summed E-state index contributed by atoms with van der Waals surface area (Å²) in [5.74, 6) is 0.486. The summed E-state index contributed by atoms with van der Waals surface area (Å²) >= 11 is 7.09. The van der Waals surface area contributed by atoms with Gasteiger partial charge in [-0.2, -0.15) is 0 Å². The van der Waals surface area contributed by atoms with Gasteiger partial charge in [-0.25, -0.2) is 4.79 Å². The van der Waals surface area contributed by atoms with Gasteiger partial charge in [-0.1, -0.05) is 0 Å². The number of esters is 1. The number of rotatable bonds is 6. The van der Waals surface area contributed by atoms with Crippen molar-refractivity contribution in [2.75, 3.05) is 23.8 Å². The topological polar surface area (TPSA) is 71.6 Å². The average Bonchev–Trinajstić information content (AvgIpc) is 3.00. The third-order valence-corrected chi connectivity index (χ3v) is 6.65. The van der Waals surface area contributed by atoms with Crippen molar-refractivity contribution in [3.05, 3.63) is 40.3 Å². The van der Waals surface area contributed by atoms with Crippen LogP contribution in [0.4, 0.5) is 10.7 Å². The normalized spacial score (nSPS) is 16.2. The Bertz CT molecular complexity index is 965. The Morgan fingerprint density at radius 1 is 1.13 bits per heavy atom. The summed E-state index contributed by atoms with van der Waals surface area (Å²) in [5, 5.41) is 11.2. The Morgan fingerprint density at radius 2 is 1.81 bits per heavy atom. The van der Waals surface area contributed by atoms with E-state index in [1.165, 1.54) is 0 Å². The molecular formula is C23H31N3O3S2. The van der Waals surface area contributed by atoms with E-state index in [4.69, 9.17) is 21.7 Å². The number of hydrogen-bond donors (Lipinski definition) is 3. The first-order valence-corrected chi connectivity index (χ1v) is 11.7. The van der Waals surface area contributed by atoms with Crippen LogP contribution in [0.15, 0.2) is 24.3 Å². The van der Waals surface area contributed by atoms with Crippen LogP contribution >= 0.6 is 23.6 Å². The summed E-state index contributed by atoms with van der Waals surface area (Å²) in [6.45, 7) is 13.3. The van der Waals surface area contributed by atoms with Gasteiger partial charge in [0, 0.05) is 21.6 Å². The van der Waals surface area contributed by atoms with Crippen LogP contribution in [0.3, 0.4) is 0 Å². The van der Waals surface area contributed by atoms with Crippen LogP contribution in [0.2, 0.25) is 0 Å². The molecule has 0 fully saturated rings. The summed E-state index contributed by atoms with van der Waals surface area (Å²) in [5.41, 5.74) is 2.04. The fourth-order valence-corrected chi connectivity index (χ4v) is 5.66. The number of thiophene rings is 1. The van der Waals surface area contributed by atoms with Crippen molar-refractivity contribution in [2.45, 2.75) is 59.0 Å². The van der Waals surface area contributed by atoms with Crippen molar-refractivity contribution >= 4 is 45.3 Å². The van der Waals surface area contributed by atoms with Crippen LogP contribution in [0.25, 0.3) is 0 Å². The maximum Gasteiger partial charge on any atom is 0.341 e. The molecule has 1 aliphatic rings. The monoisotopic (exact) mass is 461 g/mol. The van der Waals surface area contributed by atoms with Gasteiger partial charge in [-0.3, -0.25) is 0 Å². The molecule has 0 saturated heterocycles. The van der Waals surface area contributed by atoms with E-state index in [1.807, 2.05) is 38.1 Å². The molecule has 1 aromatic heterocycles. The Balaban J connectivity index is 1.89. The van der Waals surface area contributed by atoms with Crippen LogP contribution in [0.1, 0.15) is 62.3 Å². The molecule has 0 atom stereocenters. The number of thiocarbonyl (C=S) groups is 1. The standard InChI is InChI=1S/C23H31N3O3S2/c1-7-28-15-11-9-14(10-12-15)24-21(30)25-19-17(20(27)29-8-2)16-13-22(3,4)26-23(5,6)18(16)31-19/h9-12,26H,7-8,13H2,1-6H3,(H2,24,25,30). The zero-order valence-corrected chi connectivity index (χ0v) is 20.6. The predicted molar refractivity (Wildman–Crippen MR) is 132 cm³/mol. The highest BCUT2D eigenvalue weighted by Crippen LogP contribution is 2.45. The Hall–Kier alpha value is -2.16. The van der Waals surface area contributed by atoms with Crippen molar-refractivity contribution < 1.29 is 14.3 Å². The van der Waals surface area contributed by atoms with Gasteiger partial charge >= 0.3 is 5.97 Å². The molecule has 6 nitrogen and oxygen atoms in total. The molecule has 168 valence electrons. The summed E-state index contributed by atoms with van der Waals surface area (Å²) < 4.78 is 10.9. The number of nitrogens with one attached hydrogen (secondary N) is 3. The first-order chi connectivity index (χ1) is 14.6. The molecular weight excluding hydrogens is 430 g/mol. The highest BCUT2D eigenvalue weighted by molar-refractivity contribution is 7.80. The molecule has 0 aliphatic carbocycles. The summed E-state index contributed by atoms with van der Waals surface area (Å²) in [6, 6.07) is 7.58. The van der Waals surface area contributed by atoms with E-state index in [-0.39, 0.29) is 17.0 Å². The molecule has 1 aliphatic heterocycles. The SMILES string of the molecule is CCOC(=O)c1c(NC(=S)Nc2ccc(OCC)cc2)sc2c1CC(C)(C)NC2(C)C. The lowest BCUT2D eigenvalue weighted by Gasteiger charge is -2.42. The Labute approximate surface area is 193 Å². The fraction of sp³-hybridized carbons (Fsp3) is 0.478. The lowest BCUT2D eigenvalue weighted by Crippen LogP contribution is -2.55. The van der Waals surface area contributed by atoms with E-state index in [9.17, 15) is 4.79 Å². The Kier molecular flexibility index (Phi) is 6.93. The largest absolute Gasteiger partial charge is 0.494 e. The molecule has 0 spiro atoms. The van der Waals surface area contributed by atoms with E-state index < -0.39 is 0 Å². The molecule has 0 bridgehead atoms. The van der Waals surface area contributed by atoms with Gasteiger partial charge in [0.2, 0.25) is 0 Å². The van der Waals surface area contributed by atoms with Crippen LogP contribution < -0.4 is 20.7 Å². The van der Waals surface area contributed by atoms with E-state index >= 15 is 0 Å². The number of benzene rings is 1. The van der Waals surface area contributed by atoms with Gasteiger partial charge in [-0.05, 0) is 90.0 Å². The lowest BCUT2D eigenvalue weighted by atomic mass is 9.81. The van der Waals surface area contributed by atoms with Crippen molar-refractivity contribution in [3.63, 3.8) is 0 Å². The molecule has 2 heterocycles. The minimum Gasteiger partial charge on any atom is -0.494 e. The fourth-order valence-electron chi connectivity index (χ4n) is 4.10. The maximum absolute atomic E-state index is 12.9. The molecule has 3 rings (SSSR count). The summed E-state index contributed by atoms with van der Waals surface area (Å²) in [6.07, 6.45) is 0.733. The number of carbonyl (C=O) groups is 1. The second-order valence-electron chi connectivity index (χ2n) is 8.68. The van der Waals surface area contributed by atoms with Crippen LogP contribution in [-0.4, -0.2) is 29.8 Å². The van der Waals surface area contributed by atoms with Crippen molar-refractivity contribution in [2.24, 2.45) is 0 Å². The zero-order chi connectivity index (χ0) is 22.8. The molecule has 0 amide bonds. The van der Waals surface area contributed by atoms with E-state index in [0.717, 1.165) is 28.3 Å². The van der Waals surface area contributed by atoms with E-state index in [1.54, 1.807) is 11.3 Å². The first-order valence-electron chi connectivity index (χ1n) is 10.5. The highest BCUT2D eigenvalue weighted by atomic mass is 32.1. The van der Waals surface area contributed by atoms with Gasteiger partial charge in [0.1, 0.15) is 10.8 Å². The minimum atomic E-state index is -0.320. The van der Waals surface area contributed by atoms with E-state index in [2.05, 4.69) is 43.6 Å². The average molecular weight is 462 g/mol. The number of carbonyl (C=O) groups excluding carboxylic acids is 1. The zero-order valence-electron chi connectivity index (χ0n) is 19.0. The number of ether oxygens (including phenoxy) is 2. The Morgan fingerprint density at radius 3 is 2.42 bits per heavy atom. The van der Waals surface area contributed by atoms with Gasteiger partial charge < -0.3 is 25.4 Å². The highest BCUT2D eigenvalue weighted by Gasteiger charge is 2.42. The first kappa shape index (κ1) is 23.5. The van der Waals surface area contributed by atoms with E-state index in [0.29, 0.717) is 28.9 Å². The quantitative estimate of drug-likeness (QED) is 0.399. The summed E-state index contributed by atoms with van der Waals surface area (Å²) in [4.78, 5) is 14.0. The molecule has 0 saturated carbocycles. The molecule has 0 unspecified atom stereocenters. The third kappa shape index (κ3) is 5.37. The van der Waals surface area contributed by atoms with Gasteiger partial charge in [0.15, 0.2) is 5.11 Å². The maximum atomic E-state index is 12.9. The van der Waals surface area contributed by atoms with Crippen LogP contribution in [0, 0.1) is 0 Å². The van der Waals surface area contributed by atoms with Gasteiger partial charge in [-0.15, -0.1) is 11.3 Å². The summed E-state index contributed by atoms with van der Waals surface area (Å²) in [7, 11) is 0. The lowest BCUT2D eigenvalue weighted by molar-refractivity contribution is 0.0525. The third-order valence-electron chi connectivity index (χ3n) is 4.97. The molecule has 31 heavy (non-hydrogen) atoms. The van der Waals surface area contributed by atoms with Crippen molar-refractivity contribution in [1.29, 1.82) is 0 Å². The number of fused-ring (bicyclic) bond motifs is 1. The number of hydrogen-bond acceptors (Lipinski definition) is 6. The van der Waals surface area contributed by atoms with Crippen molar-refractivity contribution in [1.82, 2.24) is 5.32 Å². The minimum absolute atomic E-state index is 0.142. The molecule has 2 aromatic rings. The second-order valence-corrected chi connectivity index (χ2v) is 10.1.